The fraction of sp³-hybridized carbons (Fsp3) is 0.200. The molecule has 0 aliphatic heterocycles. The number of hydrogen-bond donors (Lipinski definition) is 2. The largest absolute Gasteiger partial charge is 0.494 e. The monoisotopic (exact) mass is 367 g/mol. The van der Waals surface area contributed by atoms with Gasteiger partial charge in [-0.25, -0.2) is 0 Å². The van der Waals surface area contributed by atoms with Crippen LogP contribution in [0.1, 0.15) is 6.92 Å². The highest BCUT2D eigenvalue weighted by molar-refractivity contribution is 7.80. The first-order valence-corrected chi connectivity index (χ1v) is 8.75. The number of hydrogen-bond acceptors (Lipinski definition) is 4. The molecule has 0 fully saturated rings. The van der Waals surface area contributed by atoms with Crippen molar-refractivity contribution in [3.63, 3.8) is 0 Å². The number of fused-ring (bicyclic) bond motifs is 1. The summed E-state index contributed by atoms with van der Waals surface area (Å²) in [6.07, 6.45) is 1.74. The quantitative estimate of drug-likeness (QED) is 0.643. The van der Waals surface area contributed by atoms with Crippen molar-refractivity contribution in [1.82, 2.24) is 10.3 Å². The molecule has 3 aromatic rings. The van der Waals surface area contributed by atoms with E-state index in [0.29, 0.717) is 11.7 Å². The molecule has 1 heterocycles. The predicted molar refractivity (Wildman–Crippen MR) is 109 cm³/mol. The Hall–Kier alpha value is -2.86. The zero-order valence-electron chi connectivity index (χ0n) is 14.7. The summed E-state index contributed by atoms with van der Waals surface area (Å²) in [5.41, 5.74) is 1.67. The van der Waals surface area contributed by atoms with Crippen LogP contribution in [0.5, 0.6) is 11.5 Å². The second-order valence-electron chi connectivity index (χ2n) is 5.84. The van der Waals surface area contributed by atoms with Crippen LogP contribution in [0.2, 0.25) is 0 Å². The number of aromatic nitrogens is 1. The summed E-state index contributed by atoms with van der Waals surface area (Å²) in [5.74, 6) is 1.57. The van der Waals surface area contributed by atoms with Gasteiger partial charge in [0.2, 0.25) is 0 Å². The van der Waals surface area contributed by atoms with Crippen molar-refractivity contribution < 1.29 is 9.47 Å². The summed E-state index contributed by atoms with van der Waals surface area (Å²) in [7, 11) is 1.64. The Morgan fingerprint density at radius 2 is 1.92 bits per heavy atom. The molecule has 2 N–H and O–H groups in total. The van der Waals surface area contributed by atoms with Gasteiger partial charge in [0.05, 0.1) is 13.2 Å². The highest BCUT2D eigenvalue weighted by atomic mass is 32.1. The third-order valence-electron chi connectivity index (χ3n) is 3.82. The van der Waals surface area contributed by atoms with Gasteiger partial charge in [0.15, 0.2) is 5.11 Å². The molecule has 26 heavy (non-hydrogen) atoms. The Morgan fingerprint density at radius 1 is 1.12 bits per heavy atom. The van der Waals surface area contributed by atoms with E-state index in [1.165, 1.54) is 0 Å². The number of anilines is 1. The molecule has 0 aliphatic carbocycles. The lowest BCUT2D eigenvalue weighted by Crippen LogP contribution is -2.39. The Labute approximate surface area is 158 Å². The van der Waals surface area contributed by atoms with Gasteiger partial charge in [0.1, 0.15) is 23.6 Å². The van der Waals surface area contributed by atoms with Crippen molar-refractivity contribution in [2.45, 2.75) is 13.0 Å². The second kappa shape index (κ2) is 8.49. The van der Waals surface area contributed by atoms with E-state index < -0.39 is 0 Å². The molecule has 0 unspecified atom stereocenters. The number of nitrogens with zero attached hydrogens (tertiary/aromatic N) is 1. The molecule has 0 aliphatic rings. The maximum Gasteiger partial charge on any atom is 0.171 e. The summed E-state index contributed by atoms with van der Waals surface area (Å²) in [4.78, 5) is 4.40. The summed E-state index contributed by atoms with van der Waals surface area (Å²) in [6, 6.07) is 17.5. The van der Waals surface area contributed by atoms with Gasteiger partial charge in [0, 0.05) is 17.3 Å². The van der Waals surface area contributed by atoms with E-state index in [9.17, 15) is 0 Å². The maximum atomic E-state index is 5.74. The first-order chi connectivity index (χ1) is 12.7. The van der Waals surface area contributed by atoms with Crippen molar-refractivity contribution in [2.75, 3.05) is 19.0 Å². The van der Waals surface area contributed by atoms with E-state index >= 15 is 0 Å². The smallest absolute Gasteiger partial charge is 0.171 e. The molecule has 1 aromatic heterocycles. The van der Waals surface area contributed by atoms with Crippen LogP contribution in [0.4, 0.5) is 5.69 Å². The number of ether oxygens (including phenoxy) is 2. The van der Waals surface area contributed by atoms with Gasteiger partial charge in [-0.3, -0.25) is 4.98 Å². The molecule has 0 saturated heterocycles. The van der Waals surface area contributed by atoms with Crippen LogP contribution in [-0.4, -0.2) is 29.9 Å². The van der Waals surface area contributed by atoms with Gasteiger partial charge in [-0.1, -0.05) is 18.2 Å². The van der Waals surface area contributed by atoms with Crippen molar-refractivity contribution in [3.05, 3.63) is 60.8 Å². The van der Waals surface area contributed by atoms with E-state index in [4.69, 9.17) is 21.7 Å². The summed E-state index contributed by atoms with van der Waals surface area (Å²) >= 11 is 5.44. The van der Waals surface area contributed by atoms with E-state index in [2.05, 4.69) is 15.6 Å². The summed E-state index contributed by atoms with van der Waals surface area (Å²) < 4.78 is 11.1. The first-order valence-electron chi connectivity index (χ1n) is 8.34. The lowest BCUT2D eigenvalue weighted by Gasteiger charge is -2.18. The Kier molecular flexibility index (Phi) is 5.86. The van der Waals surface area contributed by atoms with Crippen LogP contribution in [0.15, 0.2) is 60.8 Å². The van der Waals surface area contributed by atoms with Gasteiger partial charge in [-0.15, -0.1) is 0 Å². The molecular weight excluding hydrogens is 346 g/mol. The van der Waals surface area contributed by atoms with Gasteiger partial charge in [-0.05, 0) is 55.5 Å². The predicted octanol–water partition coefficient (Wildman–Crippen LogP) is 4.00. The number of thiocarbonyl (C=S) groups is 1. The molecule has 0 saturated carbocycles. The Bertz CT molecular complexity index is 887. The number of benzene rings is 2. The minimum Gasteiger partial charge on any atom is -0.494 e. The van der Waals surface area contributed by atoms with Crippen LogP contribution in [0, 0.1) is 0 Å². The number of pyridine rings is 1. The van der Waals surface area contributed by atoms with Crippen LogP contribution in [0.25, 0.3) is 10.9 Å². The third-order valence-corrected chi connectivity index (χ3v) is 4.04. The van der Waals surface area contributed by atoms with E-state index in [-0.39, 0.29) is 6.04 Å². The van der Waals surface area contributed by atoms with E-state index in [1.807, 2.05) is 61.5 Å². The van der Waals surface area contributed by atoms with Crippen molar-refractivity contribution in [2.24, 2.45) is 0 Å². The van der Waals surface area contributed by atoms with E-state index in [0.717, 1.165) is 28.1 Å². The van der Waals surface area contributed by atoms with Gasteiger partial charge in [-0.2, -0.15) is 0 Å². The van der Waals surface area contributed by atoms with Crippen LogP contribution in [0.3, 0.4) is 0 Å². The minimum atomic E-state index is 0.0536. The molecule has 0 radical (unpaired) electrons. The summed E-state index contributed by atoms with van der Waals surface area (Å²) in [6.45, 7) is 2.53. The number of para-hydroxylation sites is 1. The minimum absolute atomic E-state index is 0.0536. The maximum absolute atomic E-state index is 5.74. The van der Waals surface area contributed by atoms with Crippen molar-refractivity contribution >= 4 is 33.9 Å². The third kappa shape index (κ3) is 4.40. The summed E-state index contributed by atoms with van der Waals surface area (Å²) in [5, 5.41) is 7.95. The molecule has 0 spiro atoms. The molecule has 1 atom stereocenters. The fourth-order valence-electron chi connectivity index (χ4n) is 2.58. The van der Waals surface area contributed by atoms with Gasteiger partial charge >= 0.3 is 0 Å². The fourth-order valence-corrected chi connectivity index (χ4v) is 2.89. The highest BCUT2D eigenvalue weighted by Gasteiger charge is 2.10. The molecule has 134 valence electrons. The topological polar surface area (TPSA) is 55.4 Å². The Morgan fingerprint density at radius 3 is 2.69 bits per heavy atom. The van der Waals surface area contributed by atoms with Gasteiger partial charge in [0.25, 0.3) is 0 Å². The SMILES string of the molecule is COc1ccc(NC(=S)N[C@H](C)COc2ccccc2)c2cccnc12. The second-order valence-corrected chi connectivity index (χ2v) is 6.25. The highest BCUT2D eigenvalue weighted by Crippen LogP contribution is 2.29. The normalized spacial score (nSPS) is 11.6. The molecule has 6 heteroatoms. The lowest BCUT2D eigenvalue weighted by molar-refractivity contribution is 0.287. The zero-order valence-corrected chi connectivity index (χ0v) is 15.5. The molecule has 3 rings (SSSR count). The first kappa shape index (κ1) is 17.9. The van der Waals surface area contributed by atoms with Crippen molar-refractivity contribution in [1.29, 1.82) is 0 Å². The molecule has 0 amide bonds. The van der Waals surface area contributed by atoms with Crippen LogP contribution in [-0.2, 0) is 0 Å². The Balaban J connectivity index is 1.62. The number of nitrogens with one attached hydrogen (secondary N) is 2. The molecule has 0 bridgehead atoms. The average molecular weight is 367 g/mol. The number of methoxy groups -OCH3 is 1. The zero-order chi connectivity index (χ0) is 18.4. The molecule has 2 aromatic carbocycles. The van der Waals surface area contributed by atoms with Crippen LogP contribution >= 0.6 is 12.2 Å². The lowest BCUT2D eigenvalue weighted by atomic mass is 10.1. The van der Waals surface area contributed by atoms with Crippen LogP contribution < -0.4 is 20.1 Å². The van der Waals surface area contributed by atoms with E-state index in [1.54, 1.807) is 13.3 Å². The van der Waals surface area contributed by atoms with Crippen molar-refractivity contribution in [3.8, 4) is 11.5 Å². The standard InChI is InChI=1S/C20H21N3O2S/c1-14(13-25-15-7-4-3-5-8-15)22-20(26)23-17-10-11-18(24-2)19-16(17)9-6-12-21-19/h3-12,14H,13H2,1-2H3,(H2,22,23,26)/t14-/m1/s1. The average Bonchev–Trinajstić information content (AvgIpc) is 2.67. The molecule has 5 nitrogen and oxygen atoms in total. The van der Waals surface area contributed by atoms with Gasteiger partial charge < -0.3 is 20.1 Å². The number of rotatable bonds is 6. The molecular formula is C20H21N3O2S.